The van der Waals surface area contributed by atoms with Crippen LogP contribution in [0.2, 0.25) is 5.28 Å². The highest BCUT2D eigenvalue weighted by atomic mass is 35.5. The number of methoxy groups -OCH3 is 1. The summed E-state index contributed by atoms with van der Waals surface area (Å²) in [5, 5.41) is 10.0. The van der Waals surface area contributed by atoms with Crippen LogP contribution in [0, 0.1) is 12.8 Å². The molecule has 2 aromatic heterocycles. The number of hydrogen-bond acceptors (Lipinski definition) is 7. The maximum atomic E-state index is 11.9. The Morgan fingerprint density at radius 3 is 2.58 bits per heavy atom. The van der Waals surface area contributed by atoms with E-state index >= 15 is 0 Å². The van der Waals surface area contributed by atoms with Gasteiger partial charge in [-0.1, -0.05) is 0 Å². The van der Waals surface area contributed by atoms with E-state index in [0.29, 0.717) is 41.5 Å². The van der Waals surface area contributed by atoms with Gasteiger partial charge in [-0.3, -0.25) is 4.79 Å². The molecule has 1 fully saturated rings. The van der Waals surface area contributed by atoms with Gasteiger partial charge in [-0.05, 0) is 36.9 Å². The lowest BCUT2D eigenvalue weighted by atomic mass is 9.97. The molecule has 0 aliphatic carbocycles. The van der Waals surface area contributed by atoms with Gasteiger partial charge in [0.25, 0.3) is 0 Å². The normalized spacial score (nSPS) is 15.7. The molecule has 1 aliphatic rings. The summed E-state index contributed by atoms with van der Waals surface area (Å²) >= 11 is 7.27. The van der Waals surface area contributed by atoms with E-state index in [1.165, 1.54) is 18.4 Å². The van der Waals surface area contributed by atoms with Crippen molar-refractivity contribution in [2.45, 2.75) is 19.8 Å². The first-order chi connectivity index (χ1) is 11.4. The second-order valence-corrected chi connectivity index (χ2v) is 6.98. The number of anilines is 1. The van der Waals surface area contributed by atoms with Crippen molar-refractivity contribution in [2.24, 2.45) is 5.92 Å². The Bertz CT molecular complexity index is 815. The van der Waals surface area contributed by atoms with Crippen molar-refractivity contribution in [1.82, 2.24) is 9.97 Å². The molecule has 0 amide bonds. The summed E-state index contributed by atoms with van der Waals surface area (Å²) in [5.41, 5.74) is 0.758. The number of ether oxygens (including phenoxy) is 1. The Kier molecular flexibility index (Phi) is 4.60. The van der Waals surface area contributed by atoms with E-state index in [0.717, 1.165) is 10.9 Å². The van der Waals surface area contributed by atoms with Crippen LogP contribution in [0.4, 0.5) is 5.82 Å². The highest BCUT2D eigenvalue weighted by Crippen LogP contribution is 2.37. The predicted molar refractivity (Wildman–Crippen MR) is 91.1 cm³/mol. The van der Waals surface area contributed by atoms with E-state index in [-0.39, 0.29) is 11.2 Å². The van der Waals surface area contributed by atoms with Gasteiger partial charge in [0.1, 0.15) is 15.5 Å². The zero-order valence-electron chi connectivity index (χ0n) is 13.2. The number of aryl methyl sites for hydroxylation is 1. The summed E-state index contributed by atoms with van der Waals surface area (Å²) < 4.78 is 4.81. The van der Waals surface area contributed by atoms with Crippen LogP contribution in [0.15, 0.2) is 0 Å². The van der Waals surface area contributed by atoms with Gasteiger partial charge in [-0.15, -0.1) is 11.3 Å². The second kappa shape index (κ2) is 6.52. The van der Waals surface area contributed by atoms with Crippen LogP contribution in [0.25, 0.3) is 10.2 Å². The number of hydrogen-bond donors (Lipinski definition) is 1. The van der Waals surface area contributed by atoms with Gasteiger partial charge in [0, 0.05) is 13.1 Å². The number of piperidine rings is 1. The predicted octanol–water partition coefficient (Wildman–Crippen LogP) is 2.74. The van der Waals surface area contributed by atoms with Gasteiger partial charge < -0.3 is 14.7 Å². The molecule has 3 heterocycles. The Morgan fingerprint density at radius 2 is 2.00 bits per heavy atom. The first-order valence-corrected chi connectivity index (χ1v) is 8.64. The number of carbonyl (C=O) groups excluding carboxylic acids is 1. The largest absolute Gasteiger partial charge is 0.481 e. The Morgan fingerprint density at radius 1 is 1.33 bits per heavy atom. The standard InChI is InChI=1S/C15H16ClN3O4S/c1-7-9-11(19-5-3-8(4-6-19)13(20)21)17-15(16)18-12(9)24-10(7)14(22)23-2/h8H,3-6H2,1-2H3,(H,20,21). The van der Waals surface area contributed by atoms with Crippen LogP contribution in [0.1, 0.15) is 28.1 Å². The Hall–Kier alpha value is -1.93. The third-order valence-electron chi connectivity index (χ3n) is 4.26. The summed E-state index contributed by atoms with van der Waals surface area (Å²) in [5.74, 6) is -0.858. The van der Waals surface area contributed by atoms with Crippen molar-refractivity contribution in [3.63, 3.8) is 0 Å². The van der Waals surface area contributed by atoms with Gasteiger partial charge in [0.2, 0.25) is 5.28 Å². The molecule has 0 atom stereocenters. The molecular weight excluding hydrogens is 354 g/mol. The number of fused-ring (bicyclic) bond motifs is 1. The summed E-state index contributed by atoms with van der Waals surface area (Å²) in [6.45, 7) is 2.97. The minimum absolute atomic E-state index is 0.107. The lowest BCUT2D eigenvalue weighted by molar-refractivity contribution is -0.142. The molecule has 128 valence electrons. The van der Waals surface area contributed by atoms with Crippen LogP contribution >= 0.6 is 22.9 Å². The topological polar surface area (TPSA) is 92.6 Å². The first-order valence-electron chi connectivity index (χ1n) is 7.45. The molecule has 3 rings (SSSR count). The van der Waals surface area contributed by atoms with Crippen LogP contribution in [0.3, 0.4) is 0 Å². The number of carboxylic acid groups (broad SMARTS) is 1. The molecule has 1 aliphatic heterocycles. The molecule has 0 spiro atoms. The maximum Gasteiger partial charge on any atom is 0.348 e. The van der Waals surface area contributed by atoms with Crippen LogP contribution in [-0.2, 0) is 9.53 Å². The lowest BCUT2D eigenvalue weighted by Gasteiger charge is -2.31. The van der Waals surface area contributed by atoms with Crippen molar-refractivity contribution >= 4 is 50.9 Å². The third-order valence-corrected chi connectivity index (χ3v) is 5.59. The van der Waals surface area contributed by atoms with Crippen LogP contribution in [-0.4, -0.2) is 47.2 Å². The highest BCUT2D eigenvalue weighted by molar-refractivity contribution is 7.20. The molecule has 0 unspecified atom stereocenters. The van der Waals surface area contributed by atoms with Crippen LogP contribution < -0.4 is 4.90 Å². The molecule has 9 heteroatoms. The number of carbonyl (C=O) groups is 2. The summed E-state index contributed by atoms with van der Waals surface area (Å²) in [7, 11) is 1.34. The Balaban J connectivity index is 2.03. The number of aliphatic carboxylic acids is 1. The number of rotatable bonds is 3. The SMILES string of the molecule is COC(=O)c1sc2nc(Cl)nc(N3CCC(C(=O)O)CC3)c2c1C. The number of esters is 1. The molecule has 24 heavy (non-hydrogen) atoms. The van der Waals surface area contributed by atoms with E-state index in [2.05, 4.69) is 9.97 Å². The second-order valence-electron chi connectivity index (χ2n) is 5.64. The smallest absolute Gasteiger partial charge is 0.348 e. The molecule has 1 N–H and O–H groups in total. The minimum atomic E-state index is -0.764. The number of thiophene rings is 1. The average Bonchev–Trinajstić information content (AvgIpc) is 2.90. The van der Waals surface area contributed by atoms with Gasteiger partial charge >= 0.3 is 11.9 Å². The van der Waals surface area contributed by atoms with E-state index in [9.17, 15) is 9.59 Å². The summed E-state index contributed by atoms with van der Waals surface area (Å²) in [6, 6.07) is 0. The van der Waals surface area contributed by atoms with E-state index in [1.54, 1.807) is 0 Å². The van der Waals surface area contributed by atoms with Crippen molar-refractivity contribution in [2.75, 3.05) is 25.1 Å². The van der Waals surface area contributed by atoms with Crippen molar-refractivity contribution in [3.05, 3.63) is 15.7 Å². The van der Waals surface area contributed by atoms with Crippen molar-refractivity contribution in [1.29, 1.82) is 0 Å². The fourth-order valence-corrected chi connectivity index (χ4v) is 4.26. The van der Waals surface area contributed by atoms with Crippen molar-refractivity contribution in [3.8, 4) is 0 Å². The number of nitrogens with zero attached hydrogens (tertiary/aromatic N) is 3. The summed E-state index contributed by atoms with van der Waals surface area (Å²) in [6.07, 6.45) is 1.09. The summed E-state index contributed by atoms with van der Waals surface area (Å²) in [4.78, 5) is 34.7. The molecule has 2 aromatic rings. The maximum absolute atomic E-state index is 11.9. The number of halogens is 1. The number of carboxylic acids is 1. The van der Waals surface area contributed by atoms with Gasteiger partial charge in [-0.2, -0.15) is 4.98 Å². The molecule has 7 nitrogen and oxygen atoms in total. The first kappa shape index (κ1) is 16.9. The van der Waals surface area contributed by atoms with Gasteiger partial charge in [0.15, 0.2) is 0 Å². The molecule has 0 bridgehead atoms. The molecule has 1 saturated heterocycles. The number of aromatic nitrogens is 2. The minimum Gasteiger partial charge on any atom is -0.481 e. The Labute approximate surface area is 147 Å². The molecule has 0 aromatic carbocycles. The van der Waals surface area contributed by atoms with Gasteiger partial charge in [0.05, 0.1) is 18.4 Å². The molecule has 0 radical (unpaired) electrons. The quantitative estimate of drug-likeness (QED) is 0.656. The van der Waals surface area contributed by atoms with Gasteiger partial charge in [-0.25, -0.2) is 9.78 Å². The lowest BCUT2D eigenvalue weighted by Crippen LogP contribution is -2.37. The zero-order valence-corrected chi connectivity index (χ0v) is 14.8. The highest BCUT2D eigenvalue weighted by Gasteiger charge is 2.28. The van der Waals surface area contributed by atoms with Crippen molar-refractivity contribution < 1.29 is 19.4 Å². The fourth-order valence-electron chi connectivity index (χ4n) is 2.95. The van der Waals surface area contributed by atoms with E-state index in [4.69, 9.17) is 21.4 Å². The third kappa shape index (κ3) is 2.91. The molecular formula is C15H16ClN3O4S. The monoisotopic (exact) mass is 369 g/mol. The zero-order chi connectivity index (χ0) is 17.4. The van der Waals surface area contributed by atoms with Crippen LogP contribution in [0.5, 0.6) is 0 Å². The average molecular weight is 370 g/mol. The van der Waals surface area contributed by atoms with E-state index in [1.807, 2.05) is 11.8 Å². The van der Waals surface area contributed by atoms with E-state index < -0.39 is 11.9 Å². The molecule has 0 saturated carbocycles. The fraction of sp³-hybridized carbons (Fsp3) is 0.467.